The Balaban J connectivity index is 1.71. The Morgan fingerprint density at radius 3 is 2.67 bits per heavy atom. The molecular weight excluding hydrogens is 485 g/mol. The summed E-state index contributed by atoms with van der Waals surface area (Å²) in [4.78, 5) is 38.4. The summed E-state index contributed by atoms with van der Waals surface area (Å²) in [6.45, 7) is 7.32. The maximum atomic E-state index is 12.4. The number of nitrogens with zero attached hydrogens (tertiary/aromatic N) is 1. The summed E-state index contributed by atoms with van der Waals surface area (Å²) in [7, 11) is -1.74. The molecule has 11 heteroatoms. The van der Waals surface area contributed by atoms with E-state index in [1.807, 2.05) is 25.1 Å². The fourth-order valence-corrected chi connectivity index (χ4v) is 4.68. The number of benzene rings is 1. The molecule has 1 aliphatic rings. The third kappa shape index (κ3) is 8.04. The van der Waals surface area contributed by atoms with Gasteiger partial charge in [-0.05, 0) is 39.3 Å². The van der Waals surface area contributed by atoms with E-state index in [2.05, 4.69) is 21.9 Å². The molecule has 1 aromatic heterocycles. The third-order valence-electron chi connectivity index (χ3n) is 5.10. The summed E-state index contributed by atoms with van der Waals surface area (Å²) in [5.41, 5.74) is -1.05. The average Bonchev–Trinajstić information content (AvgIpc) is 3.24. The monoisotopic (exact) mass is 517 g/mol. The Labute approximate surface area is 211 Å². The van der Waals surface area contributed by atoms with Gasteiger partial charge in [0.1, 0.15) is 11.8 Å². The van der Waals surface area contributed by atoms with Gasteiger partial charge in [-0.25, -0.2) is 9.88 Å². The van der Waals surface area contributed by atoms with Gasteiger partial charge in [0.25, 0.3) is 5.56 Å². The van der Waals surface area contributed by atoms with E-state index in [9.17, 15) is 14.4 Å². The first-order valence-electron chi connectivity index (χ1n) is 11.8. The molecule has 1 aromatic carbocycles. The molecule has 1 aliphatic heterocycles. The second-order valence-corrected chi connectivity index (χ2v) is 9.69. The molecular formula is C25H32N3O7P. The Morgan fingerprint density at radius 2 is 2.00 bits per heavy atom. The molecule has 1 saturated heterocycles. The molecule has 10 nitrogen and oxygen atoms in total. The molecule has 0 spiro atoms. The summed E-state index contributed by atoms with van der Waals surface area (Å²) in [5.74, 6) is 6.11. The number of rotatable bonds is 10. The van der Waals surface area contributed by atoms with E-state index in [1.54, 1.807) is 32.9 Å². The predicted octanol–water partition coefficient (Wildman–Crippen LogP) is 3.11. The van der Waals surface area contributed by atoms with Crippen molar-refractivity contribution in [1.82, 2.24) is 14.6 Å². The number of nitrogens with one attached hydrogen (secondary N) is 2. The molecule has 0 radical (unpaired) electrons. The van der Waals surface area contributed by atoms with Crippen molar-refractivity contribution in [2.45, 2.75) is 65.0 Å². The number of para-hydroxylation sites is 1. The first kappa shape index (κ1) is 27.6. The molecule has 2 N–H and O–H groups in total. The zero-order valence-electron chi connectivity index (χ0n) is 20.8. The average molecular weight is 518 g/mol. The Bertz CT molecular complexity index is 1170. The van der Waals surface area contributed by atoms with Gasteiger partial charge in [-0.1, -0.05) is 31.0 Å². The number of H-pyrrole nitrogens is 1. The number of ether oxygens (including phenoxy) is 2. The molecule has 0 aliphatic carbocycles. The van der Waals surface area contributed by atoms with Crippen LogP contribution in [0.15, 0.2) is 52.2 Å². The van der Waals surface area contributed by atoms with Crippen LogP contribution in [0, 0.1) is 17.8 Å². The minimum atomic E-state index is -1.74. The smallest absolute Gasteiger partial charge is 0.330 e. The molecule has 1 fully saturated rings. The van der Waals surface area contributed by atoms with Gasteiger partial charge in [0.15, 0.2) is 6.23 Å². The van der Waals surface area contributed by atoms with E-state index in [4.69, 9.17) is 18.5 Å². The number of carbonyl (C=O) groups is 1. The molecule has 0 amide bonds. The summed E-state index contributed by atoms with van der Waals surface area (Å²) in [5, 5.41) is 3.07. The summed E-state index contributed by atoms with van der Waals surface area (Å²) < 4.78 is 24.8. The zero-order valence-corrected chi connectivity index (χ0v) is 21.7. The van der Waals surface area contributed by atoms with Crippen LogP contribution in [0.5, 0.6) is 5.75 Å². The highest BCUT2D eigenvalue weighted by molar-refractivity contribution is 7.45. The molecule has 0 bridgehead atoms. The minimum absolute atomic E-state index is 0.135. The number of aromatic amines is 1. The molecule has 5 unspecified atom stereocenters. The first-order valence-corrected chi connectivity index (χ1v) is 13.0. The van der Waals surface area contributed by atoms with Crippen LogP contribution >= 0.6 is 8.53 Å². The molecule has 194 valence electrons. The van der Waals surface area contributed by atoms with Gasteiger partial charge in [0.05, 0.1) is 24.7 Å². The molecule has 0 saturated carbocycles. The van der Waals surface area contributed by atoms with Crippen LogP contribution in [0.3, 0.4) is 0 Å². The van der Waals surface area contributed by atoms with E-state index < -0.39 is 44.1 Å². The minimum Gasteiger partial charge on any atom is -0.462 e. The fourth-order valence-electron chi connectivity index (χ4n) is 3.47. The highest BCUT2D eigenvalue weighted by atomic mass is 31.2. The number of hydrogen-bond acceptors (Lipinski definition) is 8. The number of aromatic nitrogens is 2. The van der Waals surface area contributed by atoms with Gasteiger partial charge < -0.3 is 18.5 Å². The van der Waals surface area contributed by atoms with Crippen LogP contribution in [0.1, 0.15) is 46.8 Å². The van der Waals surface area contributed by atoms with Crippen LogP contribution in [-0.2, 0) is 18.8 Å². The lowest BCUT2D eigenvalue weighted by atomic mass is 10.0. The lowest BCUT2D eigenvalue weighted by Gasteiger charge is -2.23. The van der Waals surface area contributed by atoms with Crippen LogP contribution in [0.25, 0.3) is 0 Å². The van der Waals surface area contributed by atoms with Crippen LogP contribution < -0.4 is 20.9 Å². The van der Waals surface area contributed by atoms with Gasteiger partial charge >= 0.3 is 20.2 Å². The van der Waals surface area contributed by atoms with Crippen molar-refractivity contribution >= 4 is 14.5 Å². The van der Waals surface area contributed by atoms with Crippen LogP contribution in [0.4, 0.5) is 0 Å². The van der Waals surface area contributed by atoms with E-state index in [0.29, 0.717) is 18.6 Å². The molecule has 5 atom stereocenters. The van der Waals surface area contributed by atoms with Crippen molar-refractivity contribution in [1.29, 1.82) is 0 Å². The highest BCUT2D eigenvalue weighted by Crippen LogP contribution is 2.39. The summed E-state index contributed by atoms with van der Waals surface area (Å²) in [6, 6.07) is 9.73. The standard InChI is InChI=1S/C25H32N3O7P/c1-5-6-10-19-15-21(34-23(19)28-14-13-22(29)26-25(28)31)16-32-36(35-20-11-8-7-9-12-20)27-18(4)24(30)33-17(2)3/h7-9,11-14,17-19,21,23,27H,5,15-16H2,1-4H3,(H,26,29,31). The van der Waals surface area contributed by atoms with Gasteiger partial charge in [-0.3, -0.25) is 19.1 Å². The van der Waals surface area contributed by atoms with E-state index in [-0.39, 0.29) is 18.6 Å². The van der Waals surface area contributed by atoms with E-state index >= 15 is 0 Å². The molecule has 2 heterocycles. The van der Waals surface area contributed by atoms with Gasteiger partial charge in [0, 0.05) is 18.7 Å². The number of hydrogen-bond donors (Lipinski definition) is 2. The van der Waals surface area contributed by atoms with Crippen molar-refractivity contribution in [2.24, 2.45) is 5.92 Å². The normalized spacial score (nSPS) is 20.9. The molecule has 36 heavy (non-hydrogen) atoms. The Kier molecular flexibility index (Phi) is 10.3. The fraction of sp³-hybridized carbons (Fsp3) is 0.480. The van der Waals surface area contributed by atoms with Crippen molar-refractivity contribution in [3.63, 3.8) is 0 Å². The lowest BCUT2D eigenvalue weighted by molar-refractivity contribution is -0.149. The van der Waals surface area contributed by atoms with E-state index in [1.165, 1.54) is 16.8 Å². The number of carbonyl (C=O) groups excluding carboxylic acids is 1. The van der Waals surface area contributed by atoms with Crippen molar-refractivity contribution in [3.05, 3.63) is 63.4 Å². The predicted molar refractivity (Wildman–Crippen MR) is 135 cm³/mol. The highest BCUT2D eigenvalue weighted by Gasteiger charge is 2.37. The van der Waals surface area contributed by atoms with Gasteiger partial charge in [-0.2, -0.15) is 0 Å². The maximum Gasteiger partial charge on any atom is 0.330 e. The van der Waals surface area contributed by atoms with Gasteiger partial charge in [-0.15, -0.1) is 5.92 Å². The first-order chi connectivity index (χ1) is 17.3. The Hall–Kier alpha value is -2.96. The SMILES string of the molecule is CCC#CC1CC(COP(NC(C)C(=O)OC(C)C)Oc2ccccc2)OC1n1ccc(=O)[nH]c1=O. The largest absolute Gasteiger partial charge is 0.462 e. The maximum absolute atomic E-state index is 12.4. The molecule has 3 rings (SSSR count). The van der Waals surface area contributed by atoms with Gasteiger partial charge in [0.2, 0.25) is 0 Å². The quantitative estimate of drug-likeness (QED) is 0.280. The lowest BCUT2D eigenvalue weighted by Crippen LogP contribution is -2.35. The van der Waals surface area contributed by atoms with Crippen LogP contribution in [-0.4, -0.2) is 40.4 Å². The van der Waals surface area contributed by atoms with E-state index in [0.717, 1.165) is 0 Å². The van der Waals surface area contributed by atoms with Crippen LogP contribution in [0.2, 0.25) is 0 Å². The molecule has 2 aromatic rings. The van der Waals surface area contributed by atoms with Crippen molar-refractivity contribution in [2.75, 3.05) is 6.61 Å². The Morgan fingerprint density at radius 1 is 1.25 bits per heavy atom. The van der Waals surface area contributed by atoms with Crippen molar-refractivity contribution in [3.8, 4) is 17.6 Å². The summed E-state index contributed by atoms with van der Waals surface area (Å²) >= 11 is 0. The van der Waals surface area contributed by atoms with Crippen molar-refractivity contribution < 1.29 is 23.3 Å². The third-order valence-corrected chi connectivity index (χ3v) is 6.45. The second kappa shape index (κ2) is 13.4. The zero-order chi connectivity index (χ0) is 26.1. The topological polar surface area (TPSA) is 121 Å². The number of esters is 1. The second-order valence-electron chi connectivity index (χ2n) is 8.48. The summed E-state index contributed by atoms with van der Waals surface area (Å²) in [6.07, 6.45) is 1.28.